The van der Waals surface area contributed by atoms with Crippen LogP contribution in [0.4, 0.5) is 0 Å². The van der Waals surface area contributed by atoms with Crippen LogP contribution < -0.4 is 0 Å². The Morgan fingerprint density at radius 3 is 2.75 bits per heavy atom. The summed E-state index contributed by atoms with van der Waals surface area (Å²) < 4.78 is 0. The summed E-state index contributed by atoms with van der Waals surface area (Å²) in [4.78, 5) is 4.89. The molecule has 2 heteroatoms. The molecule has 2 fully saturated rings. The zero-order valence-electron chi connectivity index (χ0n) is 7.92. The van der Waals surface area contributed by atoms with Crippen LogP contribution in [0.25, 0.3) is 0 Å². The van der Waals surface area contributed by atoms with Crippen molar-refractivity contribution in [2.24, 2.45) is 0 Å². The predicted molar refractivity (Wildman–Crippen MR) is 51.0 cm³/mol. The van der Waals surface area contributed by atoms with E-state index in [1.54, 1.807) is 0 Å². The van der Waals surface area contributed by atoms with E-state index in [9.17, 15) is 0 Å². The van der Waals surface area contributed by atoms with Crippen molar-refractivity contribution in [1.82, 2.24) is 9.80 Å². The van der Waals surface area contributed by atoms with Crippen LogP contribution in [0.15, 0.2) is 12.8 Å². The largest absolute Gasteiger partial charge is 0.371 e. The van der Waals surface area contributed by atoms with E-state index in [1.165, 1.54) is 38.9 Å². The highest BCUT2D eigenvalue weighted by Crippen LogP contribution is 2.36. The normalized spacial score (nSPS) is 36.6. The Bertz CT molecular complexity index is 190. The molecule has 68 valence electrons. The van der Waals surface area contributed by atoms with E-state index in [4.69, 9.17) is 0 Å². The van der Waals surface area contributed by atoms with E-state index in [1.807, 2.05) is 6.20 Å². The molecule has 2 heterocycles. The van der Waals surface area contributed by atoms with Crippen molar-refractivity contribution in [2.45, 2.75) is 24.8 Å². The number of nitrogens with zero attached hydrogens (tertiary/aromatic N) is 2. The zero-order valence-corrected chi connectivity index (χ0v) is 7.92. The van der Waals surface area contributed by atoms with E-state index < -0.39 is 0 Å². The highest BCUT2D eigenvalue weighted by Gasteiger charge is 2.43. The van der Waals surface area contributed by atoms with Gasteiger partial charge in [0.05, 0.1) is 5.54 Å². The molecule has 0 amide bonds. The highest BCUT2D eigenvalue weighted by atomic mass is 15.3. The van der Waals surface area contributed by atoms with Crippen LogP contribution in [0.3, 0.4) is 0 Å². The molecule has 0 aromatic heterocycles. The van der Waals surface area contributed by atoms with Crippen LogP contribution >= 0.6 is 0 Å². The van der Waals surface area contributed by atoms with E-state index in [0.29, 0.717) is 5.54 Å². The first kappa shape index (κ1) is 8.11. The van der Waals surface area contributed by atoms with Crippen LogP contribution in [0.5, 0.6) is 0 Å². The van der Waals surface area contributed by atoms with Crippen molar-refractivity contribution >= 4 is 0 Å². The fraction of sp³-hybridized carbons (Fsp3) is 0.800. The maximum absolute atomic E-state index is 3.89. The molecule has 0 radical (unpaired) electrons. The van der Waals surface area contributed by atoms with Gasteiger partial charge < -0.3 is 9.80 Å². The molecule has 2 aliphatic rings. The minimum absolute atomic E-state index is 0.469. The van der Waals surface area contributed by atoms with Gasteiger partial charge in [-0.3, -0.25) is 0 Å². The minimum Gasteiger partial charge on any atom is -0.371 e. The first-order chi connectivity index (χ1) is 5.77. The Kier molecular flexibility index (Phi) is 1.87. The van der Waals surface area contributed by atoms with E-state index in [-0.39, 0.29) is 0 Å². The summed E-state index contributed by atoms with van der Waals surface area (Å²) in [6, 6.07) is 0. The summed E-state index contributed by atoms with van der Waals surface area (Å²) in [7, 11) is 2.22. The molecule has 2 aliphatic heterocycles. The summed E-state index contributed by atoms with van der Waals surface area (Å²) in [6.45, 7) is 7.60. The molecule has 0 aromatic carbocycles. The lowest BCUT2D eigenvalue weighted by atomic mass is 9.95. The summed E-state index contributed by atoms with van der Waals surface area (Å²) in [5, 5.41) is 0. The molecule has 2 nitrogen and oxygen atoms in total. The van der Waals surface area contributed by atoms with Crippen molar-refractivity contribution in [3.63, 3.8) is 0 Å². The minimum atomic E-state index is 0.469. The van der Waals surface area contributed by atoms with Crippen LogP contribution in [0.2, 0.25) is 0 Å². The van der Waals surface area contributed by atoms with Gasteiger partial charge in [0.25, 0.3) is 0 Å². The van der Waals surface area contributed by atoms with Crippen molar-refractivity contribution in [1.29, 1.82) is 0 Å². The average Bonchev–Trinajstić information content (AvgIpc) is 2.60. The van der Waals surface area contributed by atoms with E-state index >= 15 is 0 Å². The summed E-state index contributed by atoms with van der Waals surface area (Å²) in [5.74, 6) is 0. The molecule has 0 N–H and O–H groups in total. The molecular weight excluding hydrogens is 148 g/mol. The maximum atomic E-state index is 3.89. The van der Waals surface area contributed by atoms with Gasteiger partial charge >= 0.3 is 0 Å². The zero-order chi connectivity index (χ0) is 8.60. The van der Waals surface area contributed by atoms with Crippen molar-refractivity contribution < 1.29 is 0 Å². The van der Waals surface area contributed by atoms with E-state index in [0.717, 1.165) is 0 Å². The number of hydrogen-bond donors (Lipinski definition) is 0. The number of likely N-dealkylation sites (tertiary alicyclic amines) is 2. The second kappa shape index (κ2) is 2.77. The third-order valence-corrected chi connectivity index (χ3v) is 3.39. The topological polar surface area (TPSA) is 6.48 Å². The van der Waals surface area contributed by atoms with Gasteiger partial charge in [-0.25, -0.2) is 0 Å². The Morgan fingerprint density at radius 1 is 1.33 bits per heavy atom. The van der Waals surface area contributed by atoms with Crippen LogP contribution in [0, 0.1) is 0 Å². The lowest BCUT2D eigenvalue weighted by Gasteiger charge is -2.33. The predicted octanol–water partition coefficient (Wildman–Crippen LogP) is 1.30. The lowest BCUT2D eigenvalue weighted by Crippen LogP contribution is -2.42. The quantitative estimate of drug-likeness (QED) is 0.579. The second-order valence-electron chi connectivity index (χ2n) is 4.19. The summed E-state index contributed by atoms with van der Waals surface area (Å²) in [5.41, 5.74) is 0.469. The van der Waals surface area contributed by atoms with Crippen molar-refractivity contribution in [3.8, 4) is 0 Å². The Labute approximate surface area is 74.8 Å². The molecule has 2 saturated heterocycles. The average molecular weight is 166 g/mol. The summed E-state index contributed by atoms with van der Waals surface area (Å²) in [6.07, 6.45) is 6.07. The Hall–Kier alpha value is -0.500. The third-order valence-electron chi connectivity index (χ3n) is 3.39. The van der Waals surface area contributed by atoms with Gasteiger partial charge in [-0.15, -0.1) is 0 Å². The fourth-order valence-corrected chi connectivity index (χ4v) is 2.74. The SMILES string of the molecule is C=CN1CCCC12CCN(C)C2. The molecule has 1 atom stereocenters. The van der Waals surface area contributed by atoms with Crippen LogP contribution in [-0.2, 0) is 0 Å². The molecule has 1 spiro atoms. The maximum Gasteiger partial charge on any atom is 0.0535 e. The molecule has 0 saturated carbocycles. The Balaban J connectivity index is 2.14. The first-order valence-corrected chi connectivity index (χ1v) is 4.85. The monoisotopic (exact) mass is 166 g/mol. The second-order valence-corrected chi connectivity index (χ2v) is 4.19. The van der Waals surface area contributed by atoms with Crippen molar-refractivity contribution in [2.75, 3.05) is 26.7 Å². The Morgan fingerprint density at radius 2 is 2.17 bits per heavy atom. The van der Waals surface area contributed by atoms with Gasteiger partial charge in [0.15, 0.2) is 0 Å². The number of hydrogen-bond acceptors (Lipinski definition) is 2. The number of rotatable bonds is 1. The molecule has 0 bridgehead atoms. The first-order valence-electron chi connectivity index (χ1n) is 4.85. The van der Waals surface area contributed by atoms with Crippen LogP contribution in [0.1, 0.15) is 19.3 Å². The smallest absolute Gasteiger partial charge is 0.0535 e. The molecule has 12 heavy (non-hydrogen) atoms. The molecule has 0 aromatic rings. The van der Waals surface area contributed by atoms with E-state index in [2.05, 4.69) is 23.4 Å². The van der Waals surface area contributed by atoms with Gasteiger partial charge in [-0.1, -0.05) is 6.58 Å². The van der Waals surface area contributed by atoms with Gasteiger partial charge in [0.2, 0.25) is 0 Å². The molecule has 1 unspecified atom stereocenters. The van der Waals surface area contributed by atoms with Crippen LogP contribution in [-0.4, -0.2) is 42.0 Å². The van der Waals surface area contributed by atoms with Crippen molar-refractivity contribution in [3.05, 3.63) is 12.8 Å². The fourth-order valence-electron chi connectivity index (χ4n) is 2.74. The summed E-state index contributed by atoms with van der Waals surface area (Å²) >= 11 is 0. The molecule has 2 rings (SSSR count). The molecule has 0 aliphatic carbocycles. The highest BCUT2D eigenvalue weighted by molar-refractivity contribution is 5.04. The third kappa shape index (κ3) is 1.06. The standard InChI is InChI=1S/C10H18N2/c1-3-12-7-4-5-10(12)6-8-11(2)9-10/h3H,1,4-9H2,2H3. The van der Waals surface area contributed by atoms with Gasteiger partial charge in [0.1, 0.15) is 0 Å². The van der Waals surface area contributed by atoms with Gasteiger partial charge in [0, 0.05) is 19.6 Å². The number of likely N-dealkylation sites (N-methyl/N-ethyl adjacent to an activating group) is 1. The van der Waals surface area contributed by atoms with Gasteiger partial charge in [-0.05, 0) is 32.5 Å². The lowest BCUT2D eigenvalue weighted by molar-refractivity contribution is 0.206. The van der Waals surface area contributed by atoms with Gasteiger partial charge in [-0.2, -0.15) is 0 Å². The molecular formula is C10H18N2.